The molecule has 0 unspecified atom stereocenters. The van der Waals surface area contributed by atoms with Crippen molar-refractivity contribution >= 4 is 5.91 Å². The van der Waals surface area contributed by atoms with Crippen molar-refractivity contribution in [3.8, 4) is 5.75 Å². The summed E-state index contributed by atoms with van der Waals surface area (Å²) in [5, 5.41) is 3.10. The van der Waals surface area contributed by atoms with Crippen LogP contribution >= 0.6 is 0 Å². The molecule has 1 aliphatic heterocycles. The monoisotopic (exact) mass is 408 g/mol. The van der Waals surface area contributed by atoms with E-state index in [9.17, 15) is 4.79 Å². The van der Waals surface area contributed by atoms with Crippen LogP contribution in [0.25, 0.3) is 0 Å². The molecule has 5 heteroatoms. The van der Waals surface area contributed by atoms with Gasteiger partial charge in [0.05, 0.1) is 12.1 Å². The average molecular weight is 409 g/mol. The number of para-hydroxylation sites is 1. The highest BCUT2D eigenvalue weighted by Gasteiger charge is 2.42. The molecule has 4 rings (SSSR count). The summed E-state index contributed by atoms with van der Waals surface area (Å²) in [5.74, 6) is 2.21. The van der Waals surface area contributed by atoms with Gasteiger partial charge in [0.25, 0.3) is 0 Å². The minimum atomic E-state index is 0.0276. The predicted molar refractivity (Wildman–Crippen MR) is 117 cm³/mol. The van der Waals surface area contributed by atoms with Crippen molar-refractivity contribution in [2.24, 2.45) is 11.8 Å². The number of carbonyl (C=O) groups is 1. The first-order valence-electron chi connectivity index (χ1n) is 10.9. The Labute approximate surface area is 179 Å². The van der Waals surface area contributed by atoms with Crippen molar-refractivity contribution in [3.63, 3.8) is 0 Å². The molecule has 2 aromatic rings. The lowest BCUT2D eigenvalue weighted by Crippen LogP contribution is -2.49. The number of likely N-dealkylation sites (tertiary alicyclic amines) is 1. The van der Waals surface area contributed by atoms with E-state index in [-0.39, 0.29) is 18.1 Å². The van der Waals surface area contributed by atoms with Crippen molar-refractivity contribution in [2.75, 3.05) is 20.2 Å². The van der Waals surface area contributed by atoms with Gasteiger partial charge in [-0.25, -0.2) is 0 Å². The van der Waals surface area contributed by atoms with Gasteiger partial charge in [-0.05, 0) is 36.3 Å². The van der Waals surface area contributed by atoms with E-state index < -0.39 is 0 Å². The molecule has 0 bridgehead atoms. The molecule has 1 N–H and O–H groups in total. The van der Waals surface area contributed by atoms with Gasteiger partial charge in [-0.1, -0.05) is 48.5 Å². The number of hydrogen-bond acceptors (Lipinski definition) is 4. The summed E-state index contributed by atoms with van der Waals surface area (Å²) in [6.45, 7) is 5.19. The van der Waals surface area contributed by atoms with Gasteiger partial charge in [0.1, 0.15) is 12.4 Å². The summed E-state index contributed by atoms with van der Waals surface area (Å²) < 4.78 is 11.9. The summed E-state index contributed by atoms with van der Waals surface area (Å²) in [5.41, 5.74) is 2.41. The van der Waals surface area contributed by atoms with E-state index in [1.807, 2.05) is 24.3 Å². The van der Waals surface area contributed by atoms with E-state index in [0.29, 0.717) is 18.4 Å². The number of benzene rings is 2. The average Bonchev–Trinajstić information content (AvgIpc) is 3.14. The third kappa shape index (κ3) is 5.02. The Hall–Kier alpha value is -2.37. The van der Waals surface area contributed by atoms with Gasteiger partial charge < -0.3 is 14.8 Å². The predicted octanol–water partition coefficient (Wildman–Crippen LogP) is 3.63. The van der Waals surface area contributed by atoms with Gasteiger partial charge >= 0.3 is 0 Å². The molecule has 1 heterocycles. The molecule has 5 nitrogen and oxygen atoms in total. The van der Waals surface area contributed by atoms with Crippen molar-refractivity contribution in [3.05, 3.63) is 65.7 Å². The molecule has 0 radical (unpaired) electrons. The lowest BCUT2D eigenvalue weighted by Gasteiger charge is -2.37. The van der Waals surface area contributed by atoms with E-state index >= 15 is 0 Å². The summed E-state index contributed by atoms with van der Waals surface area (Å²) >= 11 is 0. The molecule has 1 saturated heterocycles. The molecule has 0 spiro atoms. The number of amides is 1. The van der Waals surface area contributed by atoms with Crippen molar-refractivity contribution in [1.29, 1.82) is 0 Å². The second kappa shape index (κ2) is 9.63. The van der Waals surface area contributed by atoms with Crippen LogP contribution in [0.4, 0.5) is 0 Å². The summed E-state index contributed by atoms with van der Waals surface area (Å²) in [4.78, 5) is 14.1. The van der Waals surface area contributed by atoms with Crippen LogP contribution in [0, 0.1) is 11.8 Å². The van der Waals surface area contributed by atoms with Gasteiger partial charge in [0.2, 0.25) is 5.91 Å². The molecule has 2 fully saturated rings. The number of nitrogens with one attached hydrogen (secondary N) is 1. The highest BCUT2D eigenvalue weighted by molar-refractivity contribution is 5.73. The fourth-order valence-corrected chi connectivity index (χ4v) is 5.06. The van der Waals surface area contributed by atoms with Crippen molar-refractivity contribution in [1.82, 2.24) is 10.2 Å². The number of rotatable bonds is 7. The second-order valence-electron chi connectivity index (χ2n) is 8.65. The van der Waals surface area contributed by atoms with Crippen LogP contribution in [-0.4, -0.2) is 43.2 Å². The Kier molecular flexibility index (Phi) is 6.70. The molecular weight excluding hydrogens is 376 g/mol. The van der Waals surface area contributed by atoms with Crippen LogP contribution in [0.3, 0.4) is 0 Å². The minimum Gasteiger partial charge on any atom is -0.489 e. The molecule has 1 amide bonds. The Morgan fingerprint density at radius 2 is 1.73 bits per heavy atom. The zero-order valence-corrected chi connectivity index (χ0v) is 17.9. The van der Waals surface area contributed by atoms with Gasteiger partial charge in [-0.15, -0.1) is 0 Å². The zero-order chi connectivity index (χ0) is 20.9. The number of nitrogens with zero attached hydrogens (tertiary/aromatic N) is 1. The van der Waals surface area contributed by atoms with Gasteiger partial charge in [-0.3, -0.25) is 9.69 Å². The number of methoxy groups -OCH3 is 1. The van der Waals surface area contributed by atoms with Crippen molar-refractivity contribution in [2.45, 2.75) is 45.1 Å². The Bertz CT molecular complexity index is 841. The van der Waals surface area contributed by atoms with E-state index in [4.69, 9.17) is 9.47 Å². The maximum atomic E-state index is 11.6. The molecule has 2 aromatic carbocycles. The first kappa shape index (κ1) is 20.9. The fourth-order valence-electron chi connectivity index (χ4n) is 5.06. The Morgan fingerprint density at radius 1 is 1.03 bits per heavy atom. The maximum Gasteiger partial charge on any atom is 0.217 e. The second-order valence-corrected chi connectivity index (χ2v) is 8.65. The lowest BCUT2D eigenvalue weighted by atomic mass is 9.77. The van der Waals surface area contributed by atoms with Crippen LogP contribution in [0.2, 0.25) is 0 Å². The lowest BCUT2D eigenvalue weighted by molar-refractivity contribution is -0.121. The van der Waals surface area contributed by atoms with E-state index in [0.717, 1.165) is 38.2 Å². The highest BCUT2D eigenvalue weighted by Crippen LogP contribution is 2.38. The SMILES string of the molecule is CO[C@@H]1C[C@H]2CN(Cc3ccccc3OCc3ccccc3)C[C@H]2C[C@H]1NC(C)=O. The van der Waals surface area contributed by atoms with Crippen LogP contribution < -0.4 is 10.1 Å². The molecule has 160 valence electrons. The quantitative estimate of drug-likeness (QED) is 0.760. The maximum absolute atomic E-state index is 11.6. The number of carbonyl (C=O) groups excluding carboxylic acids is 1. The third-order valence-corrected chi connectivity index (χ3v) is 6.49. The number of fused-ring (bicyclic) bond motifs is 1. The molecule has 1 saturated carbocycles. The normalized spacial score (nSPS) is 26.2. The standard InChI is InChI=1S/C25H32N2O3/c1-18(28)26-23-12-21-15-27(16-22(21)13-25(23)29-2)14-20-10-6-7-11-24(20)30-17-19-8-4-3-5-9-19/h3-11,21-23,25H,12-17H2,1-2H3,(H,26,28)/t21-,22+,23-,25-/m1/s1. The summed E-state index contributed by atoms with van der Waals surface area (Å²) in [6.07, 6.45) is 2.11. The largest absolute Gasteiger partial charge is 0.489 e. The van der Waals surface area contributed by atoms with Crippen LogP contribution in [0.15, 0.2) is 54.6 Å². The number of hydrogen-bond donors (Lipinski definition) is 1. The molecule has 0 aromatic heterocycles. The van der Waals surface area contributed by atoms with E-state index in [2.05, 4.69) is 40.5 Å². The Balaban J connectivity index is 1.38. The van der Waals surface area contributed by atoms with Gasteiger partial charge in [0, 0.05) is 39.2 Å². The Morgan fingerprint density at radius 3 is 2.47 bits per heavy atom. The highest BCUT2D eigenvalue weighted by atomic mass is 16.5. The number of ether oxygens (including phenoxy) is 2. The van der Waals surface area contributed by atoms with E-state index in [1.165, 1.54) is 11.1 Å². The van der Waals surface area contributed by atoms with Crippen LogP contribution in [-0.2, 0) is 22.7 Å². The summed E-state index contributed by atoms with van der Waals surface area (Å²) in [7, 11) is 1.76. The third-order valence-electron chi connectivity index (χ3n) is 6.49. The smallest absolute Gasteiger partial charge is 0.217 e. The van der Waals surface area contributed by atoms with Gasteiger partial charge in [0.15, 0.2) is 0 Å². The molecular formula is C25H32N2O3. The topological polar surface area (TPSA) is 50.8 Å². The van der Waals surface area contributed by atoms with Crippen molar-refractivity contribution < 1.29 is 14.3 Å². The fraction of sp³-hybridized carbons (Fsp3) is 0.480. The summed E-state index contributed by atoms with van der Waals surface area (Å²) in [6, 6.07) is 18.8. The van der Waals surface area contributed by atoms with Crippen LogP contribution in [0.5, 0.6) is 5.75 Å². The molecule has 1 aliphatic carbocycles. The first-order chi connectivity index (χ1) is 14.6. The van der Waals surface area contributed by atoms with E-state index in [1.54, 1.807) is 14.0 Å². The zero-order valence-electron chi connectivity index (χ0n) is 17.9. The van der Waals surface area contributed by atoms with Crippen LogP contribution in [0.1, 0.15) is 30.9 Å². The molecule has 4 atom stereocenters. The van der Waals surface area contributed by atoms with Gasteiger partial charge in [-0.2, -0.15) is 0 Å². The first-order valence-corrected chi connectivity index (χ1v) is 10.9. The molecule has 2 aliphatic rings. The molecule has 30 heavy (non-hydrogen) atoms. The minimum absolute atomic E-state index is 0.0276.